The predicted octanol–water partition coefficient (Wildman–Crippen LogP) is 3.38. The second-order valence-electron chi connectivity index (χ2n) is 6.17. The molecule has 0 heterocycles. The molecule has 1 rings (SSSR count). The molecule has 1 N–H and O–H groups in total. The van der Waals surface area contributed by atoms with Crippen LogP contribution in [0.25, 0.3) is 5.53 Å². The number of alkyl carbamates (subject to hydrolysis) is 1. The zero-order valence-electron chi connectivity index (χ0n) is 15.7. The smallest absolute Gasteiger partial charge is 0.439 e. The molecule has 1 amide bonds. The van der Waals surface area contributed by atoms with Gasteiger partial charge in [0.25, 0.3) is 0 Å². The zero-order valence-corrected chi connectivity index (χ0v) is 16.6. The van der Waals surface area contributed by atoms with Crippen molar-refractivity contribution in [3.63, 3.8) is 0 Å². The van der Waals surface area contributed by atoms with Gasteiger partial charge in [-0.2, -0.15) is 4.79 Å². The summed E-state index contributed by atoms with van der Waals surface area (Å²) in [6.45, 7) is 5.10. The van der Waals surface area contributed by atoms with Crippen LogP contribution >= 0.6 is 7.60 Å². The zero-order chi connectivity index (χ0) is 20.0. The molecule has 10 heteroatoms. The standard InChI is InChI=1S/C16H24N3O6P/c1-16(2,3)25-15(20)18-13(11-7-9-12(22-4)10-8-11)14(19-17)26(21,23-5)24-6/h7-10,13H,1-6H3,(H,18,20)/t13-/m1/s1. The second-order valence-corrected chi connectivity index (χ2v) is 8.36. The third-order valence-electron chi connectivity index (χ3n) is 3.23. The topological polar surface area (TPSA) is 119 Å². The number of amides is 1. The Kier molecular flexibility index (Phi) is 7.54. The van der Waals surface area contributed by atoms with Crippen LogP contribution in [0.3, 0.4) is 0 Å². The summed E-state index contributed by atoms with van der Waals surface area (Å²) in [6, 6.07) is 5.38. The summed E-state index contributed by atoms with van der Waals surface area (Å²) in [5.74, 6) is 0.578. The van der Waals surface area contributed by atoms with Crippen LogP contribution in [0.4, 0.5) is 4.79 Å². The fourth-order valence-electron chi connectivity index (χ4n) is 2.05. The lowest BCUT2D eigenvalue weighted by molar-refractivity contribution is -0.00973. The number of methoxy groups -OCH3 is 1. The van der Waals surface area contributed by atoms with Crippen LogP contribution in [0.2, 0.25) is 0 Å². The normalized spacial score (nSPS) is 12.7. The van der Waals surface area contributed by atoms with Crippen LogP contribution in [0.5, 0.6) is 5.75 Å². The maximum atomic E-state index is 12.7. The first kappa shape index (κ1) is 21.9. The molecule has 0 aliphatic rings. The van der Waals surface area contributed by atoms with E-state index in [1.807, 2.05) is 0 Å². The lowest BCUT2D eigenvalue weighted by Crippen LogP contribution is -2.38. The Bertz CT molecular complexity index is 714. The fourth-order valence-corrected chi connectivity index (χ4v) is 3.21. The molecule has 1 aromatic carbocycles. The second kappa shape index (κ2) is 8.96. The average molecular weight is 385 g/mol. The summed E-state index contributed by atoms with van der Waals surface area (Å²) in [6.07, 6.45) is -0.793. The van der Waals surface area contributed by atoms with Gasteiger partial charge in [-0.3, -0.25) is 0 Å². The van der Waals surface area contributed by atoms with Gasteiger partial charge in [-0.1, -0.05) is 12.1 Å². The molecule has 26 heavy (non-hydrogen) atoms. The van der Waals surface area contributed by atoms with E-state index >= 15 is 0 Å². The molecule has 0 unspecified atom stereocenters. The molecular weight excluding hydrogens is 361 g/mol. The van der Waals surface area contributed by atoms with Crippen molar-refractivity contribution in [3.05, 3.63) is 35.4 Å². The summed E-state index contributed by atoms with van der Waals surface area (Å²) in [5.41, 5.74) is 8.76. The number of hydrogen-bond acceptors (Lipinski definition) is 6. The Balaban J connectivity index is 3.34. The van der Waals surface area contributed by atoms with Gasteiger partial charge in [-0.15, -0.1) is 0 Å². The fraction of sp³-hybridized carbons (Fsp3) is 0.500. The van der Waals surface area contributed by atoms with E-state index in [1.54, 1.807) is 45.0 Å². The number of nitrogens with one attached hydrogen (secondary N) is 1. The number of rotatable bonds is 7. The van der Waals surface area contributed by atoms with Crippen LogP contribution in [0.1, 0.15) is 32.4 Å². The molecular formula is C16H24N3O6P. The first-order valence-corrected chi connectivity index (χ1v) is 9.22. The quantitative estimate of drug-likeness (QED) is 0.333. The van der Waals surface area contributed by atoms with Crippen LogP contribution in [0.15, 0.2) is 24.3 Å². The van der Waals surface area contributed by atoms with Gasteiger partial charge in [0.1, 0.15) is 11.4 Å². The SMILES string of the molecule is COc1ccc([C@@H](NC(=O)OC(C)(C)C)C(=[N+]=[N-])P(=O)(OC)OC)cc1. The highest BCUT2D eigenvalue weighted by Crippen LogP contribution is 2.50. The Morgan fingerprint density at radius 1 is 1.15 bits per heavy atom. The number of hydrogen-bond donors (Lipinski definition) is 1. The van der Waals surface area contributed by atoms with Crippen molar-refractivity contribution in [2.75, 3.05) is 21.3 Å². The maximum Gasteiger partial charge on any atom is 0.439 e. The van der Waals surface area contributed by atoms with Gasteiger partial charge in [-0.25, -0.2) is 9.36 Å². The molecule has 0 spiro atoms. The molecule has 0 fully saturated rings. The summed E-state index contributed by atoms with van der Waals surface area (Å²) in [4.78, 5) is 15.3. The molecule has 0 radical (unpaired) electrons. The molecule has 0 aromatic heterocycles. The summed E-state index contributed by atoms with van der Waals surface area (Å²) >= 11 is 0. The van der Waals surface area contributed by atoms with Gasteiger partial charge in [-0.05, 0) is 38.5 Å². The van der Waals surface area contributed by atoms with Gasteiger partial charge in [0.2, 0.25) is 0 Å². The van der Waals surface area contributed by atoms with Gasteiger partial charge >= 0.3 is 19.1 Å². The first-order valence-electron chi connectivity index (χ1n) is 7.67. The number of nitrogens with zero attached hydrogens (tertiary/aromatic N) is 2. The monoisotopic (exact) mass is 385 g/mol. The summed E-state index contributed by atoms with van der Waals surface area (Å²) in [7, 11) is -0.137. The third kappa shape index (κ3) is 5.68. The number of carbonyl (C=O) groups excluding carboxylic acids is 1. The van der Waals surface area contributed by atoms with Crippen LogP contribution in [0, 0.1) is 0 Å². The molecule has 0 saturated heterocycles. The summed E-state index contributed by atoms with van der Waals surface area (Å²) in [5, 5.41) is 2.53. The Labute approximate surface area is 152 Å². The van der Waals surface area contributed by atoms with Crippen molar-refractivity contribution in [2.24, 2.45) is 0 Å². The lowest BCUT2D eigenvalue weighted by atomic mass is 10.1. The lowest BCUT2D eigenvalue weighted by Gasteiger charge is -2.23. The van der Waals surface area contributed by atoms with Crippen LogP contribution in [-0.4, -0.2) is 43.3 Å². The van der Waals surface area contributed by atoms with Crippen molar-refractivity contribution >= 4 is 19.1 Å². The highest BCUT2D eigenvalue weighted by atomic mass is 31.2. The molecule has 144 valence electrons. The minimum absolute atomic E-state index is 0.390. The molecule has 0 aliphatic heterocycles. The Morgan fingerprint density at radius 2 is 1.69 bits per heavy atom. The van der Waals surface area contributed by atoms with Gasteiger partial charge in [0.15, 0.2) is 6.04 Å². The third-order valence-corrected chi connectivity index (χ3v) is 5.10. The number of ether oxygens (including phenoxy) is 2. The van der Waals surface area contributed by atoms with E-state index in [-0.39, 0.29) is 0 Å². The van der Waals surface area contributed by atoms with E-state index in [0.717, 1.165) is 14.2 Å². The van der Waals surface area contributed by atoms with Crippen molar-refractivity contribution < 1.29 is 32.7 Å². The minimum atomic E-state index is -3.94. The van der Waals surface area contributed by atoms with E-state index < -0.39 is 30.8 Å². The highest BCUT2D eigenvalue weighted by molar-refractivity contribution is 7.72. The Hall–Kier alpha value is -2.18. The van der Waals surface area contributed by atoms with E-state index in [2.05, 4.69) is 10.1 Å². The maximum absolute atomic E-state index is 12.7. The van der Waals surface area contributed by atoms with Crippen molar-refractivity contribution in [1.29, 1.82) is 0 Å². The highest BCUT2D eigenvalue weighted by Gasteiger charge is 2.46. The van der Waals surface area contributed by atoms with E-state index in [0.29, 0.717) is 11.3 Å². The van der Waals surface area contributed by atoms with Crippen molar-refractivity contribution in [1.82, 2.24) is 5.32 Å². The van der Waals surface area contributed by atoms with Gasteiger partial charge in [0.05, 0.1) is 7.11 Å². The molecule has 9 nitrogen and oxygen atoms in total. The Morgan fingerprint density at radius 3 is 2.08 bits per heavy atom. The van der Waals surface area contributed by atoms with Gasteiger partial charge < -0.3 is 29.4 Å². The molecule has 0 aliphatic carbocycles. The van der Waals surface area contributed by atoms with Crippen molar-refractivity contribution in [3.8, 4) is 5.75 Å². The van der Waals surface area contributed by atoms with Gasteiger partial charge in [0, 0.05) is 14.2 Å². The van der Waals surface area contributed by atoms with E-state index in [9.17, 15) is 14.9 Å². The number of benzene rings is 1. The molecule has 0 bridgehead atoms. The predicted molar refractivity (Wildman–Crippen MR) is 95.4 cm³/mol. The molecule has 1 atom stereocenters. The molecule has 1 aromatic rings. The van der Waals surface area contributed by atoms with E-state index in [4.69, 9.17) is 18.5 Å². The van der Waals surface area contributed by atoms with E-state index in [1.165, 1.54) is 7.11 Å². The minimum Gasteiger partial charge on any atom is -0.497 e. The molecule has 0 saturated carbocycles. The first-order chi connectivity index (χ1) is 12.1. The number of carbonyl (C=O) groups is 1. The van der Waals surface area contributed by atoms with Crippen LogP contribution < -0.4 is 10.1 Å². The van der Waals surface area contributed by atoms with Crippen LogP contribution in [-0.2, 0) is 18.3 Å². The average Bonchev–Trinajstić information content (AvgIpc) is 2.59. The summed E-state index contributed by atoms with van der Waals surface area (Å²) < 4.78 is 32.8. The van der Waals surface area contributed by atoms with Crippen molar-refractivity contribution in [2.45, 2.75) is 32.4 Å². The largest absolute Gasteiger partial charge is 0.497 e.